The highest BCUT2D eigenvalue weighted by Gasteiger charge is 2.22. The number of aliphatic hydroxyl groups excluding tert-OH is 1. The van der Waals surface area contributed by atoms with Gasteiger partial charge >= 0.3 is 0 Å². The van der Waals surface area contributed by atoms with E-state index in [1.807, 2.05) is 13.8 Å². The number of amides is 1. The molecule has 1 amide bonds. The molecule has 0 aliphatic heterocycles. The van der Waals surface area contributed by atoms with Gasteiger partial charge in [-0.25, -0.2) is 0 Å². The first-order valence-electron chi connectivity index (χ1n) is 7.07. The number of hydrogen-bond donors (Lipinski definition) is 2. The molecule has 4 heteroatoms. The largest absolute Gasteiger partial charge is 0.391 e. The SMILES string of the molecule is CC(C)C(O)CNC(=O)COC1CCCCC1C. The van der Waals surface area contributed by atoms with Gasteiger partial charge in [0.05, 0.1) is 12.2 Å². The monoisotopic (exact) mass is 257 g/mol. The summed E-state index contributed by atoms with van der Waals surface area (Å²) in [4.78, 5) is 11.6. The molecule has 1 aliphatic carbocycles. The lowest BCUT2D eigenvalue weighted by Gasteiger charge is -2.28. The van der Waals surface area contributed by atoms with Crippen LogP contribution in [0.5, 0.6) is 0 Å². The topological polar surface area (TPSA) is 58.6 Å². The van der Waals surface area contributed by atoms with Crippen LogP contribution in [0.25, 0.3) is 0 Å². The van der Waals surface area contributed by atoms with Crippen LogP contribution < -0.4 is 5.32 Å². The van der Waals surface area contributed by atoms with Crippen molar-refractivity contribution < 1.29 is 14.6 Å². The number of nitrogens with one attached hydrogen (secondary N) is 1. The molecule has 0 aromatic rings. The molecule has 1 saturated carbocycles. The highest BCUT2D eigenvalue weighted by Crippen LogP contribution is 2.25. The number of rotatable bonds is 6. The minimum absolute atomic E-state index is 0.111. The van der Waals surface area contributed by atoms with Crippen LogP contribution in [0.4, 0.5) is 0 Å². The summed E-state index contributed by atoms with van der Waals surface area (Å²) < 4.78 is 5.66. The smallest absolute Gasteiger partial charge is 0.246 e. The Labute approximate surface area is 110 Å². The molecule has 3 unspecified atom stereocenters. The molecule has 0 bridgehead atoms. The molecule has 0 spiro atoms. The zero-order valence-corrected chi connectivity index (χ0v) is 11.8. The minimum Gasteiger partial charge on any atom is -0.391 e. The van der Waals surface area contributed by atoms with Crippen molar-refractivity contribution >= 4 is 5.91 Å². The lowest BCUT2D eigenvalue weighted by Crippen LogP contribution is -2.38. The third-order valence-electron chi connectivity index (χ3n) is 3.74. The van der Waals surface area contributed by atoms with Gasteiger partial charge in [-0.1, -0.05) is 33.6 Å². The van der Waals surface area contributed by atoms with Crippen molar-refractivity contribution in [1.82, 2.24) is 5.32 Å². The molecule has 1 aliphatic rings. The predicted octanol–water partition coefficient (Wildman–Crippen LogP) is 1.71. The first-order chi connectivity index (χ1) is 8.50. The second kappa shape index (κ2) is 7.74. The second-order valence-electron chi connectivity index (χ2n) is 5.73. The van der Waals surface area contributed by atoms with E-state index >= 15 is 0 Å². The molecule has 4 nitrogen and oxygen atoms in total. The van der Waals surface area contributed by atoms with Gasteiger partial charge in [-0.2, -0.15) is 0 Å². The quantitative estimate of drug-likeness (QED) is 0.761. The lowest BCUT2D eigenvalue weighted by molar-refractivity contribution is -0.130. The zero-order valence-electron chi connectivity index (χ0n) is 11.8. The number of ether oxygens (including phenoxy) is 1. The van der Waals surface area contributed by atoms with Gasteiger partial charge in [-0.3, -0.25) is 4.79 Å². The normalized spacial score (nSPS) is 26.1. The molecule has 0 radical (unpaired) electrons. The van der Waals surface area contributed by atoms with Crippen molar-refractivity contribution in [2.75, 3.05) is 13.2 Å². The standard InChI is InChI=1S/C14H27NO3/c1-10(2)12(16)8-15-14(17)9-18-13-7-5-4-6-11(13)3/h10-13,16H,4-9H2,1-3H3,(H,15,17). The van der Waals surface area contributed by atoms with Gasteiger partial charge in [0.15, 0.2) is 0 Å². The van der Waals surface area contributed by atoms with Crippen LogP contribution in [0.15, 0.2) is 0 Å². The van der Waals surface area contributed by atoms with Crippen LogP contribution in [-0.4, -0.2) is 36.4 Å². The van der Waals surface area contributed by atoms with Crippen LogP contribution in [0.1, 0.15) is 46.5 Å². The van der Waals surface area contributed by atoms with Crippen LogP contribution in [0.2, 0.25) is 0 Å². The Balaban J connectivity index is 2.16. The molecule has 0 heterocycles. The molecule has 0 saturated heterocycles. The molecule has 18 heavy (non-hydrogen) atoms. The van der Waals surface area contributed by atoms with Gasteiger partial charge in [-0.05, 0) is 24.7 Å². The molecular formula is C14H27NO3. The van der Waals surface area contributed by atoms with E-state index in [9.17, 15) is 9.90 Å². The maximum absolute atomic E-state index is 11.6. The fraction of sp³-hybridized carbons (Fsp3) is 0.929. The highest BCUT2D eigenvalue weighted by molar-refractivity contribution is 5.77. The first-order valence-corrected chi connectivity index (χ1v) is 7.07. The summed E-state index contributed by atoms with van der Waals surface area (Å²) >= 11 is 0. The van der Waals surface area contributed by atoms with E-state index in [0.29, 0.717) is 12.5 Å². The Hall–Kier alpha value is -0.610. The molecule has 1 rings (SSSR count). The molecule has 106 valence electrons. The average Bonchev–Trinajstić information content (AvgIpc) is 2.34. The Morgan fingerprint density at radius 2 is 2.06 bits per heavy atom. The van der Waals surface area contributed by atoms with E-state index in [2.05, 4.69) is 12.2 Å². The highest BCUT2D eigenvalue weighted by atomic mass is 16.5. The van der Waals surface area contributed by atoms with Gasteiger partial charge in [-0.15, -0.1) is 0 Å². The zero-order chi connectivity index (χ0) is 13.5. The van der Waals surface area contributed by atoms with Crippen LogP contribution >= 0.6 is 0 Å². The van der Waals surface area contributed by atoms with Gasteiger partial charge in [0.2, 0.25) is 5.91 Å². The van der Waals surface area contributed by atoms with Crippen LogP contribution in [0.3, 0.4) is 0 Å². The first kappa shape index (κ1) is 15.4. The van der Waals surface area contributed by atoms with Crippen molar-refractivity contribution in [2.45, 2.75) is 58.7 Å². The molecule has 3 atom stereocenters. The Bertz CT molecular complexity index is 255. The summed E-state index contributed by atoms with van der Waals surface area (Å²) in [7, 11) is 0. The molecule has 0 aromatic heterocycles. The predicted molar refractivity (Wildman–Crippen MR) is 71.2 cm³/mol. The van der Waals surface area contributed by atoms with E-state index in [1.165, 1.54) is 19.3 Å². The van der Waals surface area contributed by atoms with Gasteiger partial charge in [0.25, 0.3) is 0 Å². The van der Waals surface area contributed by atoms with E-state index in [-0.39, 0.29) is 24.5 Å². The van der Waals surface area contributed by atoms with E-state index in [4.69, 9.17) is 4.74 Å². The van der Waals surface area contributed by atoms with Gasteiger partial charge < -0.3 is 15.2 Å². The number of hydrogen-bond acceptors (Lipinski definition) is 3. The second-order valence-corrected chi connectivity index (χ2v) is 5.73. The number of aliphatic hydroxyl groups is 1. The maximum Gasteiger partial charge on any atom is 0.246 e. The molecule has 2 N–H and O–H groups in total. The van der Waals surface area contributed by atoms with Gasteiger partial charge in [0.1, 0.15) is 6.61 Å². The fourth-order valence-corrected chi connectivity index (χ4v) is 2.22. The number of carbonyl (C=O) groups excluding carboxylic acids is 1. The summed E-state index contributed by atoms with van der Waals surface area (Å²) in [5.41, 5.74) is 0. The van der Waals surface area contributed by atoms with E-state index in [0.717, 1.165) is 6.42 Å². The Morgan fingerprint density at radius 3 is 2.67 bits per heavy atom. The van der Waals surface area contributed by atoms with Crippen molar-refractivity contribution in [2.24, 2.45) is 11.8 Å². The summed E-state index contributed by atoms with van der Waals surface area (Å²) in [6.45, 7) is 6.46. The van der Waals surface area contributed by atoms with Crippen molar-refractivity contribution in [3.05, 3.63) is 0 Å². The molecular weight excluding hydrogens is 230 g/mol. The molecule has 0 aromatic carbocycles. The fourth-order valence-electron chi connectivity index (χ4n) is 2.22. The Kier molecular flexibility index (Phi) is 6.65. The van der Waals surface area contributed by atoms with Crippen LogP contribution in [0, 0.1) is 11.8 Å². The third-order valence-corrected chi connectivity index (χ3v) is 3.74. The van der Waals surface area contributed by atoms with Crippen molar-refractivity contribution in [3.8, 4) is 0 Å². The molecule has 1 fully saturated rings. The third kappa shape index (κ3) is 5.36. The lowest BCUT2D eigenvalue weighted by atomic mass is 9.88. The summed E-state index contributed by atoms with van der Waals surface area (Å²) in [5, 5.41) is 12.3. The van der Waals surface area contributed by atoms with Gasteiger partial charge in [0, 0.05) is 6.54 Å². The van der Waals surface area contributed by atoms with Crippen molar-refractivity contribution in [3.63, 3.8) is 0 Å². The summed E-state index contributed by atoms with van der Waals surface area (Å²) in [6, 6.07) is 0. The Morgan fingerprint density at radius 1 is 1.39 bits per heavy atom. The average molecular weight is 257 g/mol. The summed E-state index contributed by atoms with van der Waals surface area (Å²) in [5.74, 6) is 0.574. The minimum atomic E-state index is -0.484. The maximum atomic E-state index is 11.6. The van der Waals surface area contributed by atoms with Crippen molar-refractivity contribution in [1.29, 1.82) is 0 Å². The van der Waals surface area contributed by atoms with Crippen LogP contribution in [-0.2, 0) is 9.53 Å². The number of carbonyl (C=O) groups is 1. The van der Waals surface area contributed by atoms with E-state index in [1.54, 1.807) is 0 Å². The summed E-state index contributed by atoms with van der Waals surface area (Å²) in [6.07, 6.45) is 4.46. The van der Waals surface area contributed by atoms with E-state index < -0.39 is 6.10 Å².